The molecule has 3 aliphatic rings. The van der Waals surface area contributed by atoms with Crippen molar-refractivity contribution in [2.24, 2.45) is 17.8 Å². The monoisotopic (exact) mass is 545 g/mol. The molecule has 0 spiro atoms. The molecule has 6 nitrogen and oxygen atoms in total. The van der Waals surface area contributed by atoms with Crippen molar-refractivity contribution in [3.63, 3.8) is 0 Å². The normalized spacial score (nSPS) is 20.8. The Bertz CT molecular complexity index is 1310. The van der Waals surface area contributed by atoms with E-state index in [9.17, 15) is 13.8 Å². The first-order valence-electron chi connectivity index (χ1n) is 12.8. The molecular weight excluding hydrogens is 511 g/mol. The molecule has 0 saturated heterocycles. The molecule has 36 heavy (non-hydrogen) atoms. The molecule has 2 saturated carbocycles. The Morgan fingerprint density at radius 2 is 1.97 bits per heavy atom. The number of rotatable bonds is 10. The Kier molecular flexibility index (Phi) is 7.34. The maximum Gasteiger partial charge on any atom is 0.254 e. The summed E-state index contributed by atoms with van der Waals surface area (Å²) in [5, 5.41) is 6.90. The van der Waals surface area contributed by atoms with Gasteiger partial charge in [0.25, 0.3) is 5.91 Å². The number of nitrogens with one attached hydrogen (secondary N) is 3. The molecule has 2 amide bonds. The van der Waals surface area contributed by atoms with Gasteiger partial charge in [-0.25, -0.2) is 8.99 Å². The lowest BCUT2D eigenvalue weighted by Crippen LogP contribution is -2.28. The Hall–Kier alpha value is -2.10. The van der Waals surface area contributed by atoms with E-state index in [2.05, 4.69) is 10.6 Å². The van der Waals surface area contributed by atoms with Crippen LogP contribution >= 0.6 is 23.6 Å². The summed E-state index contributed by atoms with van der Waals surface area (Å²) < 4.78 is 20.0. The number of fused-ring (bicyclic) bond motifs is 1. The molecule has 194 valence electrons. The van der Waals surface area contributed by atoms with Crippen molar-refractivity contribution in [3.8, 4) is 0 Å². The van der Waals surface area contributed by atoms with Gasteiger partial charge in [-0.15, -0.1) is 11.3 Å². The van der Waals surface area contributed by atoms with E-state index in [1.807, 2.05) is 18.2 Å². The number of hydrogen-bond donors (Lipinski definition) is 3. The largest absolute Gasteiger partial charge is 0.352 e. The molecule has 2 aromatic rings. The molecular formula is C27H35N3O3S3. The van der Waals surface area contributed by atoms with Gasteiger partial charge in [0.05, 0.1) is 15.3 Å². The van der Waals surface area contributed by atoms with Gasteiger partial charge in [0, 0.05) is 36.3 Å². The highest BCUT2D eigenvalue weighted by molar-refractivity contribution is 7.91. The van der Waals surface area contributed by atoms with E-state index in [-0.39, 0.29) is 19.2 Å². The molecule has 3 N–H and O–H groups in total. The topological polar surface area (TPSA) is 99.1 Å². The summed E-state index contributed by atoms with van der Waals surface area (Å²) >= 11 is 7.33. The van der Waals surface area contributed by atoms with E-state index in [1.54, 1.807) is 17.4 Å². The average Bonchev–Trinajstić information content (AvgIpc) is 3.74. The summed E-state index contributed by atoms with van der Waals surface area (Å²) in [7, 11) is -2.76. The first-order valence-corrected chi connectivity index (χ1v) is 15.9. The van der Waals surface area contributed by atoms with Gasteiger partial charge in [-0.05, 0) is 91.3 Å². The number of amides is 2. The van der Waals surface area contributed by atoms with Gasteiger partial charge in [0.1, 0.15) is 5.00 Å². The predicted octanol–water partition coefficient (Wildman–Crippen LogP) is 5.63. The van der Waals surface area contributed by atoms with Gasteiger partial charge in [0.2, 0.25) is 5.91 Å². The Morgan fingerprint density at radius 3 is 2.67 bits per heavy atom. The lowest BCUT2D eigenvalue weighted by Gasteiger charge is -2.23. The molecule has 9 heteroatoms. The van der Waals surface area contributed by atoms with Gasteiger partial charge >= 0.3 is 0 Å². The Balaban J connectivity index is 0.00000320. The summed E-state index contributed by atoms with van der Waals surface area (Å²) in [6.45, 7) is 0.703. The molecule has 1 heterocycles. The predicted molar refractivity (Wildman–Crippen MR) is 151 cm³/mol. The zero-order chi connectivity index (χ0) is 25.4. The van der Waals surface area contributed by atoms with Crippen molar-refractivity contribution >= 4 is 55.0 Å². The number of anilines is 1. The van der Waals surface area contributed by atoms with Gasteiger partial charge in [-0.2, -0.15) is 0 Å². The third kappa shape index (κ3) is 6.23. The van der Waals surface area contributed by atoms with Gasteiger partial charge in [-0.1, -0.05) is 24.4 Å². The summed E-state index contributed by atoms with van der Waals surface area (Å²) in [5.41, 5.74) is 2.73. The highest BCUT2D eigenvalue weighted by atomic mass is 32.2. The van der Waals surface area contributed by atoms with Crippen molar-refractivity contribution in [2.45, 2.75) is 62.7 Å². The first kappa shape index (κ1) is 25.5. The van der Waals surface area contributed by atoms with Crippen LogP contribution in [0, 0.1) is 22.5 Å². The summed E-state index contributed by atoms with van der Waals surface area (Å²) in [6, 6.07) is 7.37. The molecule has 5 rings (SSSR count). The molecule has 0 bridgehead atoms. The van der Waals surface area contributed by atoms with Crippen LogP contribution in [0.4, 0.5) is 5.00 Å². The fraction of sp³-hybridized carbons (Fsp3) is 0.519. The van der Waals surface area contributed by atoms with E-state index < -0.39 is 9.73 Å². The van der Waals surface area contributed by atoms with E-state index >= 15 is 0 Å². The van der Waals surface area contributed by atoms with Crippen LogP contribution in [-0.2, 0) is 33.8 Å². The highest BCUT2D eigenvalue weighted by Gasteiger charge is 2.34. The van der Waals surface area contributed by atoms with Gasteiger partial charge < -0.3 is 10.6 Å². The van der Waals surface area contributed by atoms with E-state index in [1.165, 1.54) is 24.0 Å². The molecule has 0 aliphatic heterocycles. The summed E-state index contributed by atoms with van der Waals surface area (Å²) in [6.07, 6.45) is 9.72. The minimum Gasteiger partial charge on any atom is -0.352 e. The standard InChI is InChI=1S/C27H33N3O3S3.H2/c1-36(28,33)21-4-2-3-17(13-21)11-20(34)12-18-7-10-23-22(14-18)24(26(32)29-15-16-5-6-16)27(35-23)30-25(31)19-8-9-19;/h2-4,13,16,18-19,28H,5-12,14-15H2,1H3,(H,29,32)(H,30,31);1H/t18-,36?;/m1./s1. The second kappa shape index (κ2) is 10.3. The van der Waals surface area contributed by atoms with Crippen molar-refractivity contribution in [1.82, 2.24) is 5.32 Å². The second-order valence-corrected chi connectivity index (χ2v) is 14.5. The van der Waals surface area contributed by atoms with Crippen molar-refractivity contribution < 1.29 is 15.2 Å². The average molecular weight is 546 g/mol. The lowest BCUT2D eigenvalue weighted by molar-refractivity contribution is -0.117. The number of thiophene rings is 1. The number of carbonyl (C=O) groups excluding carboxylic acids is 2. The van der Waals surface area contributed by atoms with E-state index in [0.29, 0.717) is 40.3 Å². The molecule has 1 aromatic carbocycles. The fourth-order valence-electron chi connectivity index (χ4n) is 4.88. The van der Waals surface area contributed by atoms with Crippen LogP contribution in [0.5, 0.6) is 0 Å². The Labute approximate surface area is 224 Å². The quantitative estimate of drug-likeness (QED) is 0.337. The third-order valence-corrected chi connectivity index (χ3v) is 9.96. The van der Waals surface area contributed by atoms with Crippen LogP contribution in [0.1, 0.15) is 66.3 Å². The van der Waals surface area contributed by atoms with Crippen LogP contribution in [-0.4, -0.2) is 33.7 Å². The third-order valence-electron chi connectivity index (χ3n) is 7.29. The first-order chi connectivity index (χ1) is 17.2. The maximum atomic E-state index is 13.3. The second-order valence-electron chi connectivity index (χ2n) is 10.6. The minimum absolute atomic E-state index is 0. The number of carbonyl (C=O) groups is 2. The molecule has 1 aromatic heterocycles. The van der Waals surface area contributed by atoms with Crippen LogP contribution < -0.4 is 10.6 Å². The highest BCUT2D eigenvalue weighted by Crippen LogP contribution is 2.42. The van der Waals surface area contributed by atoms with Gasteiger partial charge in [-0.3, -0.25) is 9.59 Å². The Morgan fingerprint density at radius 1 is 1.19 bits per heavy atom. The fourth-order valence-corrected chi connectivity index (χ4v) is 7.25. The van der Waals surface area contributed by atoms with E-state index in [4.69, 9.17) is 17.0 Å². The van der Waals surface area contributed by atoms with Gasteiger partial charge in [0.15, 0.2) is 0 Å². The zero-order valence-corrected chi connectivity index (χ0v) is 23.0. The summed E-state index contributed by atoms with van der Waals surface area (Å²) in [4.78, 5) is 28.5. The lowest BCUT2D eigenvalue weighted by atomic mass is 9.83. The number of benzene rings is 1. The van der Waals surface area contributed by atoms with Crippen LogP contribution in [0.3, 0.4) is 0 Å². The molecule has 1 unspecified atom stereocenters. The van der Waals surface area contributed by atoms with Crippen molar-refractivity contribution in [3.05, 3.63) is 45.8 Å². The molecule has 0 radical (unpaired) electrons. The molecule has 2 fully saturated rings. The van der Waals surface area contributed by atoms with Crippen LogP contribution in [0.25, 0.3) is 0 Å². The van der Waals surface area contributed by atoms with Crippen LogP contribution in [0.2, 0.25) is 0 Å². The van der Waals surface area contributed by atoms with E-state index in [0.717, 1.165) is 54.5 Å². The minimum atomic E-state index is -2.76. The maximum absolute atomic E-state index is 13.3. The number of aryl methyl sites for hydroxylation is 1. The molecule has 3 aliphatic carbocycles. The smallest absolute Gasteiger partial charge is 0.254 e. The van der Waals surface area contributed by atoms with Crippen LogP contribution in [0.15, 0.2) is 29.2 Å². The zero-order valence-electron chi connectivity index (χ0n) is 20.6. The number of hydrogen-bond acceptors (Lipinski definition) is 6. The number of thiocarbonyl (C=S) groups is 1. The summed E-state index contributed by atoms with van der Waals surface area (Å²) in [5.74, 6) is 0.993. The van der Waals surface area contributed by atoms with Crippen molar-refractivity contribution in [2.75, 3.05) is 18.1 Å². The molecule has 2 atom stereocenters. The SMILES string of the molecule is CS(=N)(=O)c1cccc(CC(=S)C[C@H]2CCc3sc(NC(=O)C4CC4)c(C(=O)NCC4CC4)c3C2)c1.[HH]. The van der Waals surface area contributed by atoms with Crippen molar-refractivity contribution in [1.29, 1.82) is 4.78 Å².